The molecule has 0 saturated heterocycles. The van der Waals surface area contributed by atoms with Gasteiger partial charge in [0.05, 0.1) is 34.0 Å². The van der Waals surface area contributed by atoms with Crippen LogP contribution in [0.25, 0.3) is 5.69 Å². The van der Waals surface area contributed by atoms with Crippen molar-refractivity contribution < 1.29 is 22.6 Å². The second-order valence-electron chi connectivity index (χ2n) is 7.10. The average molecular weight is 482 g/mol. The molecule has 2 N–H and O–H groups in total. The summed E-state index contributed by atoms with van der Waals surface area (Å²) in [5.74, 6) is -0.164. The molecule has 13 heteroatoms. The quantitative estimate of drug-likeness (QED) is 0.286. The first-order chi connectivity index (χ1) is 16.2. The van der Waals surface area contributed by atoms with Crippen molar-refractivity contribution in [3.63, 3.8) is 0 Å². The molecule has 4 aromatic rings. The number of rotatable bonds is 8. The van der Waals surface area contributed by atoms with Crippen molar-refractivity contribution in [3.05, 3.63) is 94.2 Å². The fourth-order valence-corrected chi connectivity index (χ4v) is 4.16. The normalized spacial score (nSPS) is 11.3. The molecule has 0 aliphatic heterocycles. The van der Waals surface area contributed by atoms with Crippen LogP contribution >= 0.6 is 0 Å². The highest BCUT2D eigenvalue weighted by Gasteiger charge is 2.20. The number of sulfonamides is 1. The number of hydrogen-bond acceptors (Lipinski definition) is 8. The summed E-state index contributed by atoms with van der Waals surface area (Å²) in [4.78, 5) is 23.2. The molecule has 174 valence electrons. The average Bonchev–Trinajstić information content (AvgIpc) is 3.48. The Kier molecular flexibility index (Phi) is 6.21. The van der Waals surface area contributed by atoms with Gasteiger partial charge in [0.2, 0.25) is 10.0 Å². The maximum atomic E-state index is 12.8. The molecule has 0 saturated carbocycles. The van der Waals surface area contributed by atoms with Crippen LogP contribution in [-0.4, -0.2) is 34.2 Å². The summed E-state index contributed by atoms with van der Waals surface area (Å²) in [5.41, 5.74) is 0.804. The van der Waals surface area contributed by atoms with Gasteiger partial charge in [-0.05, 0) is 43.3 Å². The zero-order valence-electron chi connectivity index (χ0n) is 17.7. The third-order valence-electron chi connectivity index (χ3n) is 4.81. The van der Waals surface area contributed by atoms with Crippen LogP contribution in [0.15, 0.2) is 76.2 Å². The molecule has 34 heavy (non-hydrogen) atoms. The van der Waals surface area contributed by atoms with Crippen LogP contribution in [0.3, 0.4) is 0 Å². The van der Waals surface area contributed by atoms with Gasteiger partial charge in [0.15, 0.2) is 5.69 Å². The van der Waals surface area contributed by atoms with Crippen LogP contribution in [0.2, 0.25) is 0 Å². The summed E-state index contributed by atoms with van der Waals surface area (Å²) in [5, 5.41) is 21.4. The largest absolute Gasteiger partial charge is 0.468 e. The van der Waals surface area contributed by atoms with Gasteiger partial charge in [0.25, 0.3) is 11.6 Å². The minimum Gasteiger partial charge on any atom is -0.468 e. The Hall–Kier alpha value is -4.36. The topological polar surface area (TPSA) is 162 Å². The second kappa shape index (κ2) is 9.25. The number of hydrogen-bond donors (Lipinski definition) is 2. The lowest BCUT2D eigenvalue weighted by molar-refractivity contribution is -0.384. The predicted octanol–water partition coefficient (Wildman–Crippen LogP) is 2.81. The van der Waals surface area contributed by atoms with Crippen LogP contribution in [0.1, 0.15) is 21.9 Å². The van der Waals surface area contributed by atoms with Gasteiger partial charge in [0.1, 0.15) is 5.76 Å². The molecule has 0 fully saturated rings. The van der Waals surface area contributed by atoms with E-state index in [9.17, 15) is 23.3 Å². The first kappa shape index (κ1) is 22.8. The number of amides is 1. The second-order valence-corrected chi connectivity index (χ2v) is 8.87. The molecule has 2 heterocycles. The Labute approximate surface area is 193 Å². The minimum absolute atomic E-state index is 0.0179. The van der Waals surface area contributed by atoms with E-state index in [1.54, 1.807) is 25.1 Å². The van der Waals surface area contributed by atoms with E-state index in [-0.39, 0.29) is 28.5 Å². The van der Waals surface area contributed by atoms with E-state index in [1.165, 1.54) is 53.4 Å². The van der Waals surface area contributed by atoms with Gasteiger partial charge in [0, 0.05) is 17.8 Å². The number of nitro groups is 1. The Bertz CT molecular complexity index is 1460. The van der Waals surface area contributed by atoms with Crippen LogP contribution in [0.5, 0.6) is 0 Å². The number of nitrogens with zero attached hydrogens (tertiary/aromatic N) is 4. The molecule has 0 radical (unpaired) electrons. The molecular weight excluding hydrogens is 464 g/mol. The Morgan fingerprint density at radius 1 is 1.15 bits per heavy atom. The lowest BCUT2D eigenvalue weighted by atomic mass is 10.2. The number of carbonyl (C=O) groups excluding carboxylic acids is 1. The third kappa shape index (κ3) is 4.84. The van der Waals surface area contributed by atoms with Gasteiger partial charge in [-0.25, -0.2) is 17.8 Å². The van der Waals surface area contributed by atoms with E-state index in [2.05, 4.69) is 20.4 Å². The first-order valence-electron chi connectivity index (χ1n) is 9.85. The lowest BCUT2D eigenvalue weighted by Gasteiger charge is -2.09. The molecule has 2 aromatic carbocycles. The highest BCUT2D eigenvalue weighted by atomic mass is 32.2. The molecule has 0 aliphatic carbocycles. The van der Waals surface area contributed by atoms with Crippen LogP contribution < -0.4 is 10.0 Å². The number of anilines is 1. The fraction of sp³-hybridized carbons (Fsp3) is 0.0952. The number of aromatic nitrogens is 3. The number of benzene rings is 2. The van der Waals surface area contributed by atoms with Gasteiger partial charge >= 0.3 is 0 Å². The summed E-state index contributed by atoms with van der Waals surface area (Å²) in [6.45, 7) is 1.57. The Morgan fingerprint density at radius 2 is 1.94 bits per heavy atom. The summed E-state index contributed by atoms with van der Waals surface area (Å²) in [6.07, 6.45) is 1.44. The Morgan fingerprint density at radius 3 is 2.68 bits per heavy atom. The van der Waals surface area contributed by atoms with E-state index in [0.717, 1.165) is 0 Å². The van der Waals surface area contributed by atoms with Crippen molar-refractivity contribution >= 4 is 27.3 Å². The van der Waals surface area contributed by atoms with Gasteiger partial charge in [-0.1, -0.05) is 17.3 Å². The molecule has 0 atom stereocenters. The molecular formula is C21H18N6O6S. The highest BCUT2D eigenvalue weighted by Crippen LogP contribution is 2.20. The maximum Gasteiger partial charge on any atom is 0.278 e. The molecule has 4 rings (SSSR count). The number of nitrogens with one attached hydrogen (secondary N) is 2. The summed E-state index contributed by atoms with van der Waals surface area (Å²) in [6, 6.07) is 14.8. The number of non-ortho nitro benzene ring substituents is 1. The van der Waals surface area contributed by atoms with E-state index >= 15 is 0 Å². The van der Waals surface area contributed by atoms with Crippen LogP contribution in [0.4, 0.5) is 11.4 Å². The molecule has 1 amide bonds. The van der Waals surface area contributed by atoms with Crippen molar-refractivity contribution in [1.29, 1.82) is 0 Å². The van der Waals surface area contributed by atoms with Crippen molar-refractivity contribution in [2.24, 2.45) is 0 Å². The Balaban J connectivity index is 1.51. The zero-order valence-corrected chi connectivity index (χ0v) is 18.5. The number of furan rings is 1. The smallest absolute Gasteiger partial charge is 0.278 e. The molecule has 0 aliphatic rings. The number of carbonyl (C=O) groups is 1. The van der Waals surface area contributed by atoms with Crippen LogP contribution in [0, 0.1) is 17.0 Å². The first-order valence-corrected chi connectivity index (χ1v) is 11.3. The minimum atomic E-state index is -3.86. The van der Waals surface area contributed by atoms with Gasteiger partial charge < -0.3 is 9.73 Å². The van der Waals surface area contributed by atoms with Crippen molar-refractivity contribution in [2.75, 3.05) is 5.32 Å². The maximum absolute atomic E-state index is 12.8. The predicted molar refractivity (Wildman–Crippen MR) is 120 cm³/mol. The van der Waals surface area contributed by atoms with Crippen molar-refractivity contribution in [3.8, 4) is 5.69 Å². The van der Waals surface area contributed by atoms with E-state index < -0.39 is 20.9 Å². The van der Waals surface area contributed by atoms with Gasteiger partial charge in [-0.3, -0.25) is 14.9 Å². The molecule has 0 spiro atoms. The van der Waals surface area contributed by atoms with E-state index in [4.69, 9.17) is 4.42 Å². The third-order valence-corrected chi connectivity index (χ3v) is 6.21. The summed E-state index contributed by atoms with van der Waals surface area (Å²) in [7, 11) is -3.86. The summed E-state index contributed by atoms with van der Waals surface area (Å²) < 4.78 is 34.0. The highest BCUT2D eigenvalue weighted by molar-refractivity contribution is 7.89. The SMILES string of the molecule is Cc1c(C(=O)Nc2cccc(S(=O)(=O)NCc3ccco3)c2)nnn1-c1cccc([N+](=O)[O-])c1. The standard InChI is InChI=1S/C21H18N6O6S/c1-14-20(24-25-26(14)16-6-3-7-17(12-16)27(29)30)21(28)23-15-5-2-9-19(11-15)34(31,32)22-13-18-8-4-10-33-18/h2-12,22H,13H2,1H3,(H,23,28). The van der Waals surface area contributed by atoms with E-state index in [1.807, 2.05) is 0 Å². The summed E-state index contributed by atoms with van der Waals surface area (Å²) >= 11 is 0. The molecule has 0 unspecified atom stereocenters. The number of nitro benzene ring substituents is 1. The molecule has 0 bridgehead atoms. The van der Waals surface area contributed by atoms with Gasteiger partial charge in [-0.15, -0.1) is 5.10 Å². The molecule has 2 aromatic heterocycles. The van der Waals surface area contributed by atoms with Crippen LogP contribution in [-0.2, 0) is 16.6 Å². The van der Waals surface area contributed by atoms with E-state index in [0.29, 0.717) is 17.1 Å². The fourth-order valence-electron chi connectivity index (χ4n) is 3.12. The lowest BCUT2D eigenvalue weighted by Crippen LogP contribution is -2.23. The zero-order chi connectivity index (χ0) is 24.3. The van der Waals surface area contributed by atoms with Crippen molar-refractivity contribution in [2.45, 2.75) is 18.4 Å². The van der Waals surface area contributed by atoms with Gasteiger partial charge in [-0.2, -0.15) is 0 Å². The monoisotopic (exact) mass is 482 g/mol. The van der Waals surface area contributed by atoms with Crippen molar-refractivity contribution in [1.82, 2.24) is 19.7 Å². The molecule has 12 nitrogen and oxygen atoms in total.